The molecule has 0 radical (unpaired) electrons. The van der Waals surface area contributed by atoms with E-state index in [1.54, 1.807) is 0 Å². The van der Waals surface area contributed by atoms with Crippen molar-refractivity contribution in [3.63, 3.8) is 0 Å². The Labute approximate surface area is 125 Å². The van der Waals surface area contributed by atoms with Crippen LogP contribution >= 0.6 is 0 Å². The monoisotopic (exact) mass is 294 g/mol. The normalized spacial score (nSPS) is 14.5. The standard InChI is InChI=1S/C16H14N4O2/c21-13(15-17-9-5-1-2-6-10(9)18-15)14(22)16-19-11-7-3-4-8-12(11)20-16/h1-8,13-14,21-22H,(H,17,18)(H,19,20)/t13-,14-/m0/s1. The number of hydrogen-bond acceptors (Lipinski definition) is 4. The van der Waals surface area contributed by atoms with Gasteiger partial charge in [-0.15, -0.1) is 0 Å². The molecule has 0 saturated carbocycles. The minimum atomic E-state index is -1.19. The van der Waals surface area contributed by atoms with Gasteiger partial charge in [-0.3, -0.25) is 0 Å². The van der Waals surface area contributed by atoms with E-state index >= 15 is 0 Å². The number of hydrogen-bond donors (Lipinski definition) is 4. The lowest BCUT2D eigenvalue weighted by Gasteiger charge is -2.13. The molecule has 2 heterocycles. The first-order valence-electron chi connectivity index (χ1n) is 6.98. The number of nitrogens with one attached hydrogen (secondary N) is 2. The first-order chi connectivity index (χ1) is 10.7. The predicted octanol–water partition coefficient (Wildman–Crippen LogP) is 2.21. The zero-order chi connectivity index (χ0) is 15.1. The maximum atomic E-state index is 10.4. The smallest absolute Gasteiger partial charge is 0.145 e. The van der Waals surface area contributed by atoms with Crippen molar-refractivity contribution in [2.75, 3.05) is 0 Å². The molecule has 2 atom stereocenters. The highest BCUT2D eigenvalue weighted by atomic mass is 16.3. The molecule has 0 spiro atoms. The minimum Gasteiger partial charge on any atom is -0.382 e. The first-order valence-corrected chi connectivity index (χ1v) is 6.98. The fraction of sp³-hybridized carbons (Fsp3) is 0.125. The van der Waals surface area contributed by atoms with E-state index in [2.05, 4.69) is 19.9 Å². The lowest BCUT2D eigenvalue weighted by atomic mass is 10.2. The van der Waals surface area contributed by atoms with E-state index in [0.717, 1.165) is 22.1 Å². The van der Waals surface area contributed by atoms with Gasteiger partial charge in [-0.1, -0.05) is 24.3 Å². The number of aromatic amines is 2. The molecular formula is C16H14N4O2. The number of fused-ring (bicyclic) bond motifs is 2. The van der Waals surface area contributed by atoms with E-state index in [4.69, 9.17) is 0 Å². The average Bonchev–Trinajstić information content (AvgIpc) is 3.16. The van der Waals surface area contributed by atoms with E-state index in [0.29, 0.717) is 11.6 Å². The molecular weight excluding hydrogens is 280 g/mol. The van der Waals surface area contributed by atoms with Crippen LogP contribution in [0.15, 0.2) is 48.5 Å². The topological polar surface area (TPSA) is 97.8 Å². The Bertz CT molecular complexity index is 799. The van der Waals surface area contributed by atoms with Gasteiger partial charge in [0, 0.05) is 0 Å². The molecule has 0 saturated heterocycles. The van der Waals surface area contributed by atoms with Gasteiger partial charge in [-0.2, -0.15) is 0 Å². The number of aliphatic hydroxyl groups is 2. The van der Waals surface area contributed by atoms with Crippen LogP contribution in [-0.4, -0.2) is 30.1 Å². The summed E-state index contributed by atoms with van der Waals surface area (Å²) in [6.45, 7) is 0. The predicted molar refractivity (Wildman–Crippen MR) is 82.1 cm³/mol. The summed E-state index contributed by atoms with van der Waals surface area (Å²) < 4.78 is 0. The number of imidazole rings is 2. The Morgan fingerprint density at radius 1 is 0.682 bits per heavy atom. The maximum Gasteiger partial charge on any atom is 0.145 e. The Balaban J connectivity index is 1.70. The maximum absolute atomic E-state index is 10.4. The molecule has 0 aliphatic heterocycles. The van der Waals surface area contributed by atoms with Crippen LogP contribution in [0.5, 0.6) is 0 Å². The summed E-state index contributed by atoms with van der Waals surface area (Å²) in [7, 11) is 0. The van der Waals surface area contributed by atoms with Crippen LogP contribution in [0.2, 0.25) is 0 Å². The lowest BCUT2D eigenvalue weighted by molar-refractivity contribution is 0.00780. The largest absolute Gasteiger partial charge is 0.382 e. The highest BCUT2D eigenvalue weighted by Gasteiger charge is 2.26. The fourth-order valence-electron chi connectivity index (χ4n) is 2.52. The average molecular weight is 294 g/mol. The quantitative estimate of drug-likeness (QED) is 0.465. The Hall–Kier alpha value is -2.70. The van der Waals surface area contributed by atoms with Crippen molar-refractivity contribution >= 4 is 22.1 Å². The Morgan fingerprint density at radius 3 is 1.50 bits per heavy atom. The molecule has 0 aliphatic carbocycles. The van der Waals surface area contributed by atoms with Gasteiger partial charge in [0.1, 0.15) is 23.9 Å². The summed E-state index contributed by atoms with van der Waals surface area (Å²) in [4.78, 5) is 14.6. The van der Waals surface area contributed by atoms with Crippen LogP contribution < -0.4 is 0 Å². The number of rotatable bonds is 3. The SMILES string of the molecule is O[C@H](c1nc2ccccc2[nH]1)[C@H](O)c1nc2ccccc2[nH]1. The molecule has 4 rings (SSSR count). The van der Waals surface area contributed by atoms with Crippen molar-refractivity contribution in [2.24, 2.45) is 0 Å². The Kier molecular flexibility index (Phi) is 2.92. The van der Waals surface area contributed by atoms with Crippen LogP contribution in [0, 0.1) is 0 Å². The van der Waals surface area contributed by atoms with E-state index in [1.807, 2.05) is 48.5 Å². The third-order valence-electron chi connectivity index (χ3n) is 3.67. The summed E-state index contributed by atoms with van der Waals surface area (Å²) in [5, 5.41) is 20.7. The van der Waals surface area contributed by atoms with Crippen LogP contribution in [0.1, 0.15) is 23.9 Å². The minimum absolute atomic E-state index is 0.314. The summed E-state index contributed by atoms with van der Waals surface area (Å²) in [5.41, 5.74) is 3.11. The molecule has 4 N–H and O–H groups in total. The molecule has 0 bridgehead atoms. The highest BCUT2D eigenvalue weighted by molar-refractivity contribution is 5.75. The molecule has 0 fully saturated rings. The molecule has 110 valence electrons. The molecule has 0 aliphatic rings. The number of aromatic nitrogens is 4. The molecule has 6 heteroatoms. The van der Waals surface area contributed by atoms with Gasteiger partial charge in [0.15, 0.2) is 0 Å². The Morgan fingerprint density at radius 2 is 1.09 bits per heavy atom. The van der Waals surface area contributed by atoms with E-state index < -0.39 is 12.2 Å². The van der Waals surface area contributed by atoms with Crippen molar-refractivity contribution in [2.45, 2.75) is 12.2 Å². The second-order valence-electron chi connectivity index (χ2n) is 5.17. The van der Waals surface area contributed by atoms with Crippen LogP contribution in [0.3, 0.4) is 0 Å². The van der Waals surface area contributed by atoms with Gasteiger partial charge < -0.3 is 20.2 Å². The van der Waals surface area contributed by atoms with Gasteiger partial charge in [0.2, 0.25) is 0 Å². The summed E-state index contributed by atoms with van der Waals surface area (Å²) in [5.74, 6) is 0.628. The zero-order valence-corrected chi connectivity index (χ0v) is 11.6. The second kappa shape index (κ2) is 4.94. The number of nitrogens with zero attached hydrogens (tertiary/aromatic N) is 2. The zero-order valence-electron chi connectivity index (χ0n) is 11.6. The second-order valence-corrected chi connectivity index (χ2v) is 5.17. The van der Waals surface area contributed by atoms with E-state index in [1.165, 1.54) is 0 Å². The molecule has 4 aromatic rings. The molecule has 2 aromatic carbocycles. The molecule has 6 nitrogen and oxygen atoms in total. The van der Waals surface area contributed by atoms with Crippen molar-refractivity contribution in [3.8, 4) is 0 Å². The van der Waals surface area contributed by atoms with Crippen molar-refractivity contribution in [1.29, 1.82) is 0 Å². The number of aliphatic hydroxyl groups excluding tert-OH is 2. The molecule has 0 amide bonds. The number of H-pyrrole nitrogens is 2. The van der Waals surface area contributed by atoms with Crippen molar-refractivity contribution < 1.29 is 10.2 Å². The first kappa shape index (κ1) is 13.0. The van der Waals surface area contributed by atoms with Crippen molar-refractivity contribution in [3.05, 3.63) is 60.2 Å². The number of benzene rings is 2. The summed E-state index contributed by atoms with van der Waals surface area (Å²) in [6.07, 6.45) is -2.37. The van der Waals surface area contributed by atoms with Crippen LogP contribution in [-0.2, 0) is 0 Å². The molecule has 2 aromatic heterocycles. The van der Waals surface area contributed by atoms with Gasteiger partial charge in [0.05, 0.1) is 22.1 Å². The summed E-state index contributed by atoms with van der Waals surface area (Å²) >= 11 is 0. The van der Waals surface area contributed by atoms with Crippen molar-refractivity contribution in [1.82, 2.24) is 19.9 Å². The molecule has 0 unspecified atom stereocenters. The molecule has 22 heavy (non-hydrogen) atoms. The third kappa shape index (κ3) is 2.05. The van der Waals surface area contributed by atoms with E-state index in [-0.39, 0.29) is 0 Å². The van der Waals surface area contributed by atoms with Crippen LogP contribution in [0.4, 0.5) is 0 Å². The third-order valence-corrected chi connectivity index (χ3v) is 3.67. The van der Waals surface area contributed by atoms with Gasteiger partial charge >= 0.3 is 0 Å². The van der Waals surface area contributed by atoms with E-state index in [9.17, 15) is 10.2 Å². The lowest BCUT2D eigenvalue weighted by Crippen LogP contribution is -2.13. The summed E-state index contributed by atoms with van der Waals surface area (Å²) in [6, 6.07) is 14.9. The number of para-hydroxylation sites is 4. The fourth-order valence-corrected chi connectivity index (χ4v) is 2.52. The van der Waals surface area contributed by atoms with Crippen LogP contribution in [0.25, 0.3) is 22.1 Å². The highest BCUT2D eigenvalue weighted by Crippen LogP contribution is 2.28. The van der Waals surface area contributed by atoms with Gasteiger partial charge in [-0.25, -0.2) is 9.97 Å². The van der Waals surface area contributed by atoms with Gasteiger partial charge in [0.25, 0.3) is 0 Å². The van der Waals surface area contributed by atoms with Gasteiger partial charge in [-0.05, 0) is 24.3 Å².